The molecule has 2 heterocycles. The third-order valence-corrected chi connectivity index (χ3v) is 4.13. The van der Waals surface area contributed by atoms with Gasteiger partial charge in [0.2, 0.25) is 0 Å². The van der Waals surface area contributed by atoms with Crippen LogP contribution in [0.3, 0.4) is 0 Å². The Bertz CT molecular complexity index is 691. The van der Waals surface area contributed by atoms with Gasteiger partial charge < -0.3 is 20.4 Å². The fourth-order valence-electron chi connectivity index (χ4n) is 2.79. The van der Waals surface area contributed by atoms with Crippen molar-refractivity contribution in [2.24, 2.45) is 5.92 Å². The Labute approximate surface area is 140 Å². The number of amides is 2. The van der Waals surface area contributed by atoms with Gasteiger partial charge in [0.05, 0.1) is 6.26 Å². The van der Waals surface area contributed by atoms with Crippen LogP contribution in [0.2, 0.25) is 0 Å². The first-order valence-corrected chi connectivity index (χ1v) is 8.16. The first-order valence-electron chi connectivity index (χ1n) is 8.16. The minimum Gasteiger partial charge on any atom is -0.459 e. The van der Waals surface area contributed by atoms with Crippen LogP contribution in [0, 0.1) is 5.92 Å². The van der Waals surface area contributed by atoms with Crippen LogP contribution in [0.15, 0.2) is 47.1 Å². The van der Waals surface area contributed by atoms with Crippen LogP contribution in [0.5, 0.6) is 0 Å². The standard InChI is InChI=1S/C18H21N3O3/c22-17(20-9-7-13-6-8-19-12-13)14-3-1-4-15(11-14)21-18(23)16-5-2-10-24-16/h1-5,10-11,13,19H,6-9,12H2,(H,20,22)(H,21,23). The second kappa shape index (κ2) is 7.79. The fourth-order valence-corrected chi connectivity index (χ4v) is 2.79. The Balaban J connectivity index is 1.53. The number of hydrogen-bond donors (Lipinski definition) is 3. The van der Waals surface area contributed by atoms with Gasteiger partial charge in [-0.25, -0.2) is 0 Å². The van der Waals surface area contributed by atoms with E-state index in [2.05, 4.69) is 16.0 Å². The molecular formula is C18H21N3O3. The molecule has 1 aromatic heterocycles. The highest BCUT2D eigenvalue weighted by Crippen LogP contribution is 2.14. The van der Waals surface area contributed by atoms with E-state index in [9.17, 15) is 9.59 Å². The van der Waals surface area contributed by atoms with Crippen LogP contribution < -0.4 is 16.0 Å². The van der Waals surface area contributed by atoms with Crippen LogP contribution in [0.25, 0.3) is 0 Å². The average Bonchev–Trinajstić information content (AvgIpc) is 3.29. The van der Waals surface area contributed by atoms with E-state index < -0.39 is 0 Å². The van der Waals surface area contributed by atoms with Gasteiger partial charge in [0, 0.05) is 17.8 Å². The van der Waals surface area contributed by atoms with Crippen LogP contribution in [-0.2, 0) is 0 Å². The lowest BCUT2D eigenvalue weighted by Gasteiger charge is -2.10. The molecule has 6 heteroatoms. The van der Waals surface area contributed by atoms with Gasteiger partial charge in [0.25, 0.3) is 11.8 Å². The molecule has 1 aliphatic rings. The number of carbonyl (C=O) groups is 2. The van der Waals surface area contributed by atoms with Crippen molar-refractivity contribution >= 4 is 17.5 Å². The predicted octanol–water partition coefficient (Wildman–Crippen LogP) is 2.26. The van der Waals surface area contributed by atoms with Gasteiger partial charge in [-0.05, 0) is 62.2 Å². The summed E-state index contributed by atoms with van der Waals surface area (Å²) < 4.78 is 5.05. The first-order chi connectivity index (χ1) is 11.7. The Morgan fingerprint density at radius 1 is 1.21 bits per heavy atom. The first kappa shape index (κ1) is 16.3. The van der Waals surface area contributed by atoms with Crippen molar-refractivity contribution in [3.05, 3.63) is 54.0 Å². The Morgan fingerprint density at radius 3 is 2.88 bits per heavy atom. The van der Waals surface area contributed by atoms with Crippen LogP contribution >= 0.6 is 0 Å². The topological polar surface area (TPSA) is 83.4 Å². The van der Waals surface area contributed by atoms with E-state index >= 15 is 0 Å². The normalized spacial score (nSPS) is 16.8. The van der Waals surface area contributed by atoms with Gasteiger partial charge in [-0.3, -0.25) is 9.59 Å². The molecule has 0 saturated carbocycles. The number of hydrogen-bond acceptors (Lipinski definition) is 4. The molecule has 1 unspecified atom stereocenters. The lowest BCUT2D eigenvalue weighted by molar-refractivity contribution is 0.0949. The zero-order chi connectivity index (χ0) is 16.8. The van der Waals surface area contributed by atoms with Crippen LogP contribution in [-0.4, -0.2) is 31.4 Å². The number of carbonyl (C=O) groups excluding carboxylic acids is 2. The highest BCUT2D eigenvalue weighted by atomic mass is 16.3. The molecule has 1 aliphatic heterocycles. The maximum Gasteiger partial charge on any atom is 0.291 e. The van der Waals surface area contributed by atoms with Crippen molar-refractivity contribution in [1.29, 1.82) is 0 Å². The quantitative estimate of drug-likeness (QED) is 0.760. The second-order valence-corrected chi connectivity index (χ2v) is 5.92. The van der Waals surface area contributed by atoms with Gasteiger partial charge in [0.1, 0.15) is 0 Å². The molecular weight excluding hydrogens is 306 g/mol. The molecule has 0 aliphatic carbocycles. The minimum atomic E-state index is -0.341. The molecule has 2 amide bonds. The average molecular weight is 327 g/mol. The molecule has 0 spiro atoms. The predicted molar refractivity (Wildman–Crippen MR) is 91.0 cm³/mol. The Kier molecular flexibility index (Phi) is 5.28. The number of benzene rings is 1. The van der Waals surface area contributed by atoms with Crippen LogP contribution in [0.1, 0.15) is 33.8 Å². The molecule has 24 heavy (non-hydrogen) atoms. The summed E-state index contributed by atoms with van der Waals surface area (Å²) in [4.78, 5) is 24.2. The Morgan fingerprint density at radius 2 is 2.12 bits per heavy atom. The van der Waals surface area contributed by atoms with Crippen molar-refractivity contribution in [3.63, 3.8) is 0 Å². The molecule has 0 bridgehead atoms. The summed E-state index contributed by atoms with van der Waals surface area (Å²) in [6, 6.07) is 10.1. The molecule has 1 atom stereocenters. The highest BCUT2D eigenvalue weighted by Gasteiger charge is 2.15. The van der Waals surface area contributed by atoms with E-state index in [4.69, 9.17) is 4.42 Å². The molecule has 2 aromatic rings. The van der Waals surface area contributed by atoms with Crippen LogP contribution in [0.4, 0.5) is 5.69 Å². The lowest BCUT2D eigenvalue weighted by Crippen LogP contribution is -2.26. The molecule has 3 rings (SSSR count). The monoisotopic (exact) mass is 327 g/mol. The zero-order valence-corrected chi connectivity index (χ0v) is 13.4. The van der Waals surface area contributed by atoms with Gasteiger partial charge in [-0.1, -0.05) is 6.07 Å². The summed E-state index contributed by atoms with van der Waals surface area (Å²) in [6.45, 7) is 2.76. The van der Waals surface area contributed by atoms with Gasteiger partial charge in [0.15, 0.2) is 5.76 Å². The largest absolute Gasteiger partial charge is 0.459 e. The third-order valence-electron chi connectivity index (χ3n) is 4.13. The summed E-state index contributed by atoms with van der Waals surface area (Å²) in [7, 11) is 0. The van der Waals surface area contributed by atoms with E-state index in [0.29, 0.717) is 23.7 Å². The molecule has 0 radical (unpaired) electrons. The zero-order valence-electron chi connectivity index (χ0n) is 13.4. The van der Waals surface area contributed by atoms with E-state index in [-0.39, 0.29) is 17.6 Å². The maximum absolute atomic E-state index is 12.2. The summed E-state index contributed by atoms with van der Waals surface area (Å²) >= 11 is 0. The van der Waals surface area contributed by atoms with E-state index in [1.807, 2.05) is 0 Å². The minimum absolute atomic E-state index is 0.130. The van der Waals surface area contributed by atoms with Crippen molar-refractivity contribution < 1.29 is 14.0 Å². The summed E-state index contributed by atoms with van der Waals surface area (Å²) in [5.74, 6) is 0.403. The van der Waals surface area contributed by atoms with Crippen molar-refractivity contribution in [3.8, 4) is 0 Å². The van der Waals surface area contributed by atoms with Gasteiger partial charge >= 0.3 is 0 Å². The summed E-state index contributed by atoms with van der Waals surface area (Å²) in [5.41, 5.74) is 1.08. The number of anilines is 1. The third kappa shape index (κ3) is 4.23. The van der Waals surface area contributed by atoms with Gasteiger partial charge in [-0.2, -0.15) is 0 Å². The SMILES string of the molecule is O=C(NCCC1CCNC1)c1cccc(NC(=O)c2ccco2)c1. The van der Waals surface area contributed by atoms with Crippen molar-refractivity contribution in [2.75, 3.05) is 25.0 Å². The Hall–Kier alpha value is -2.60. The lowest BCUT2D eigenvalue weighted by atomic mass is 10.1. The molecule has 6 nitrogen and oxygen atoms in total. The summed E-state index contributed by atoms with van der Waals surface area (Å²) in [6.07, 6.45) is 3.59. The van der Waals surface area contributed by atoms with Crippen molar-refractivity contribution in [1.82, 2.24) is 10.6 Å². The van der Waals surface area contributed by atoms with E-state index in [1.54, 1.807) is 36.4 Å². The number of nitrogens with one attached hydrogen (secondary N) is 3. The highest BCUT2D eigenvalue weighted by molar-refractivity contribution is 6.03. The second-order valence-electron chi connectivity index (χ2n) is 5.92. The molecule has 3 N–H and O–H groups in total. The number of rotatable bonds is 6. The number of furan rings is 1. The van der Waals surface area contributed by atoms with Crippen molar-refractivity contribution in [2.45, 2.75) is 12.8 Å². The fraction of sp³-hybridized carbons (Fsp3) is 0.333. The molecule has 1 fully saturated rings. The maximum atomic E-state index is 12.2. The van der Waals surface area contributed by atoms with E-state index in [1.165, 1.54) is 12.7 Å². The van der Waals surface area contributed by atoms with Gasteiger partial charge in [-0.15, -0.1) is 0 Å². The van der Waals surface area contributed by atoms with E-state index in [0.717, 1.165) is 19.5 Å². The molecule has 1 saturated heterocycles. The molecule has 1 aromatic carbocycles. The smallest absolute Gasteiger partial charge is 0.291 e. The summed E-state index contributed by atoms with van der Waals surface area (Å²) in [5, 5.41) is 8.97. The molecule has 126 valence electrons.